The lowest BCUT2D eigenvalue weighted by molar-refractivity contribution is 0.414. The van der Waals surface area contributed by atoms with Crippen LogP contribution < -0.4 is 20.1 Å². The molecular formula is C17H20N2O2S. The molecule has 1 atom stereocenters. The van der Waals surface area contributed by atoms with Gasteiger partial charge < -0.3 is 20.1 Å². The highest BCUT2D eigenvalue weighted by atomic mass is 32.1. The van der Waals surface area contributed by atoms with E-state index in [2.05, 4.69) is 17.6 Å². The number of ether oxygens (including phenoxy) is 2. The summed E-state index contributed by atoms with van der Waals surface area (Å²) >= 11 is 5.34. The summed E-state index contributed by atoms with van der Waals surface area (Å²) in [5.41, 5.74) is 2.06. The highest BCUT2D eigenvalue weighted by Crippen LogP contribution is 2.18. The van der Waals surface area contributed by atoms with Crippen molar-refractivity contribution in [3.05, 3.63) is 54.1 Å². The lowest BCUT2D eigenvalue weighted by atomic mass is 10.1. The van der Waals surface area contributed by atoms with Crippen LogP contribution in [-0.2, 0) is 0 Å². The fourth-order valence-corrected chi connectivity index (χ4v) is 2.31. The van der Waals surface area contributed by atoms with Gasteiger partial charge in [0.05, 0.1) is 20.3 Å². The van der Waals surface area contributed by atoms with Crippen molar-refractivity contribution in [2.24, 2.45) is 0 Å². The largest absolute Gasteiger partial charge is 0.497 e. The van der Waals surface area contributed by atoms with Gasteiger partial charge in [-0.05, 0) is 61.1 Å². The second-order valence-electron chi connectivity index (χ2n) is 4.82. The highest BCUT2D eigenvalue weighted by molar-refractivity contribution is 7.80. The molecular weight excluding hydrogens is 296 g/mol. The van der Waals surface area contributed by atoms with Crippen LogP contribution in [0.2, 0.25) is 0 Å². The maximum absolute atomic E-state index is 5.34. The van der Waals surface area contributed by atoms with Gasteiger partial charge in [-0.15, -0.1) is 0 Å². The number of anilines is 1. The van der Waals surface area contributed by atoms with E-state index in [-0.39, 0.29) is 6.04 Å². The van der Waals surface area contributed by atoms with E-state index in [1.807, 2.05) is 48.5 Å². The average Bonchev–Trinajstić information content (AvgIpc) is 2.55. The van der Waals surface area contributed by atoms with Crippen molar-refractivity contribution < 1.29 is 9.47 Å². The van der Waals surface area contributed by atoms with E-state index in [0.717, 1.165) is 22.7 Å². The molecule has 5 heteroatoms. The molecule has 0 fully saturated rings. The molecule has 0 aliphatic carbocycles. The molecule has 4 nitrogen and oxygen atoms in total. The standard InChI is InChI=1S/C17H20N2O2S/c1-12(13-4-8-15(20-2)9-5-13)18-17(22)19-14-6-10-16(21-3)11-7-14/h4-12H,1-3H3,(H2,18,19,22). The molecule has 116 valence electrons. The molecule has 0 saturated carbocycles. The van der Waals surface area contributed by atoms with Crippen LogP contribution in [-0.4, -0.2) is 19.3 Å². The van der Waals surface area contributed by atoms with Gasteiger partial charge in [-0.3, -0.25) is 0 Å². The van der Waals surface area contributed by atoms with Crippen molar-refractivity contribution in [2.45, 2.75) is 13.0 Å². The average molecular weight is 316 g/mol. The number of nitrogens with one attached hydrogen (secondary N) is 2. The van der Waals surface area contributed by atoms with Gasteiger partial charge in [-0.1, -0.05) is 12.1 Å². The highest BCUT2D eigenvalue weighted by Gasteiger charge is 2.07. The van der Waals surface area contributed by atoms with Gasteiger partial charge in [-0.25, -0.2) is 0 Å². The van der Waals surface area contributed by atoms with E-state index in [9.17, 15) is 0 Å². The normalized spacial score (nSPS) is 11.4. The molecule has 0 amide bonds. The fourth-order valence-electron chi connectivity index (χ4n) is 2.01. The summed E-state index contributed by atoms with van der Waals surface area (Å²) in [5.74, 6) is 1.66. The van der Waals surface area contributed by atoms with Crippen LogP contribution in [0.5, 0.6) is 11.5 Å². The summed E-state index contributed by atoms with van der Waals surface area (Å²) in [4.78, 5) is 0. The second kappa shape index (κ2) is 7.66. The number of benzene rings is 2. The molecule has 0 radical (unpaired) electrons. The summed E-state index contributed by atoms with van der Waals surface area (Å²) in [7, 11) is 3.30. The van der Waals surface area contributed by atoms with E-state index in [0.29, 0.717) is 5.11 Å². The Hall–Kier alpha value is -2.27. The second-order valence-corrected chi connectivity index (χ2v) is 5.23. The number of hydrogen-bond donors (Lipinski definition) is 2. The van der Waals surface area contributed by atoms with Crippen molar-refractivity contribution in [3.63, 3.8) is 0 Å². The van der Waals surface area contributed by atoms with E-state index in [4.69, 9.17) is 21.7 Å². The first kappa shape index (κ1) is 16.1. The topological polar surface area (TPSA) is 42.5 Å². The van der Waals surface area contributed by atoms with E-state index < -0.39 is 0 Å². The molecule has 2 aromatic carbocycles. The summed E-state index contributed by atoms with van der Waals surface area (Å²) in [6, 6.07) is 15.6. The first-order valence-electron chi connectivity index (χ1n) is 6.98. The van der Waals surface area contributed by atoms with Crippen LogP contribution in [0, 0.1) is 0 Å². The third-order valence-corrected chi connectivity index (χ3v) is 3.53. The minimum atomic E-state index is 0.101. The zero-order valence-electron chi connectivity index (χ0n) is 12.9. The molecule has 0 spiro atoms. The molecule has 0 saturated heterocycles. The first-order chi connectivity index (χ1) is 10.6. The Balaban J connectivity index is 1.92. The van der Waals surface area contributed by atoms with E-state index in [1.54, 1.807) is 14.2 Å². The van der Waals surface area contributed by atoms with Gasteiger partial charge in [0.15, 0.2) is 5.11 Å². The van der Waals surface area contributed by atoms with Crippen LogP contribution >= 0.6 is 12.2 Å². The van der Waals surface area contributed by atoms with Gasteiger partial charge >= 0.3 is 0 Å². The monoisotopic (exact) mass is 316 g/mol. The lowest BCUT2D eigenvalue weighted by Crippen LogP contribution is -2.30. The number of methoxy groups -OCH3 is 2. The van der Waals surface area contributed by atoms with Gasteiger partial charge in [0.1, 0.15) is 11.5 Å². The Labute approximate surface area is 136 Å². The Morgan fingerprint density at radius 3 is 1.91 bits per heavy atom. The van der Waals surface area contributed by atoms with Crippen LogP contribution in [0.15, 0.2) is 48.5 Å². The quantitative estimate of drug-likeness (QED) is 0.822. The molecule has 2 rings (SSSR count). The Morgan fingerprint density at radius 2 is 1.41 bits per heavy atom. The van der Waals surface area contributed by atoms with Crippen molar-refractivity contribution in [2.75, 3.05) is 19.5 Å². The SMILES string of the molecule is COc1ccc(NC(=S)NC(C)c2ccc(OC)cc2)cc1. The van der Waals surface area contributed by atoms with E-state index in [1.165, 1.54) is 0 Å². The van der Waals surface area contributed by atoms with Gasteiger partial charge in [-0.2, -0.15) is 0 Å². The smallest absolute Gasteiger partial charge is 0.171 e. The number of hydrogen-bond acceptors (Lipinski definition) is 3. The molecule has 22 heavy (non-hydrogen) atoms. The maximum atomic E-state index is 5.34. The zero-order chi connectivity index (χ0) is 15.9. The van der Waals surface area contributed by atoms with Crippen molar-refractivity contribution in [1.29, 1.82) is 0 Å². The Morgan fingerprint density at radius 1 is 0.909 bits per heavy atom. The molecule has 0 aromatic heterocycles. The Kier molecular flexibility index (Phi) is 5.61. The zero-order valence-corrected chi connectivity index (χ0v) is 13.7. The lowest BCUT2D eigenvalue weighted by Gasteiger charge is -2.17. The molecule has 0 heterocycles. The van der Waals surface area contributed by atoms with Crippen LogP contribution in [0.25, 0.3) is 0 Å². The fraction of sp³-hybridized carbons (Fsp3) is 0.235. The molecule has 2 N–H and O–H groups in total. The van der Waals surface area contributed by atoms with E-state index >= 15 is 0 Å². The number of rotatable bonds is 5. The molecule has 0 aliphatic heterocycles. The number of thiocarbonyl (C=S) groups is 1. The summed E-state index contributed by atoms with van der Waals surface area (Å²) in [5, 5.41) is 6.99. The minimum Gasteiger partial charge on any atom is -0.497 e. The van der Waals surface area contributed by atoms with Crippen LogP contribution in [0.4, 0.5) is 5.69 Å². The summed E-state index contributed by atoms with van der Waals surface area (Å²) in [6.45, 7) is 2.06. The minimum absolute atomic E-state index is 0.101. The third-order valence-electron chi connectivity index (χ3n) is 3.31. The summed E-state index contributed by atoms with van der Waals surface area (Å²) in [6.07, 6.45) is 0. The van der Waals surface area contributed by atoms with Gasteiger partial charge in [0.2, 0.25) is 0 Å². The van der Waals surface area contributed by atoms with Crippen molar-refractivity contribution >= 4 is 23.0 Å². The molecule has 0 bridgehead atoms. The maximum Gasteiger partial charge on any atom is 0.171 e. The molecule has 1 unspecified atom stereocenters. The summed E-state index contributed by atoms with van der Waals surface area (Å²) < 4.78 is 10.3. The van der Waals surface area contributed by atoms with Crippen LogP contribution in [0.3, 0.4) is 0 Å². The van der Waals surface area contributed by atoms with Crippen molar-refractivity contribution in [1.82, 2.24) is 5.32 Å². The predicted octanol–water partition coefficient (Wildman–Crippen LogP) is 3.75. The third kappa shape index (κ3) is 4.36. The van der Waals surface area contributed by atoms with Crippen LogP contribution in [0.1, 0.15) is 18.5 Å². The molecule has 0 aliphatic rings. The predicted molar refractivity (Wildman–Crippen MR) is 93.8 cm³/mol. The Bertz CT molecular complexity index is 612. The van der Waals surface area contributed by atoms with Crippen molar-refractivity contribution in [3.8, 4) is 11.5 Å². The first-order valence-corrected chi connectivity index (χ1v) is 7.38. The molecule has 2 aromatic rings. The van der Waals surface area contributed by atoms with Gasteiger partial charge in [0.25, 0.3) is 0 Å². The van der Waals surface area contributed by atoms with Gasteiger partial charge in [0, 0.05) is 5.69 Å².